The molecule has 0 fully saturated rings. The Balaban J connectivity index is 1.70. The number of imide groups is 1. The summed E-state index contributed by atoms with van der Waals surface area (Å²) in [4.78, 5) is 54.5. The Morgan fingerprint density at radius 1 is 1.03 bits per heavy atom. The van der Waals surface area contributed by atoms with Crippen LogP contribution < -0.4 is 4.80 Å². The summed E-state index contributed by atoms with van der Waals surface area (Å²) in [5.74, 6) is -2.32. The molecule has 0 saturated heterocycles. The number of amides is 3. The average molecular weight is 444 g/mol. The highest BCUT2D eigenvalue weighted by Crippen LogP contribution is 2.26. The number of thiazole rings is 1. The molecule has 0 N–H and O–H groups in total. The van der Waals surface area contributed by atoms with Gasteiger partial charge in [-0.3, -0.25) is 24.1 Å². The lowest BCUT2D eigenvalue weighted by atomic mass is 10.1. The van der Waals surface area contributed by atoms with Crippen LogP contribution in [0.2, 0.25) is 5.02 Å². The van der Waals surface area contributed by atoms with Crippen molar-refractivity contribution in [2.45, 2.75) is 6.54 Å². The highest BCUT2D eigenvalue weighted by atomic mass is 35.5. The van der Waals surface area contributed by atoms with E-state index in [1.165, 1.54) is 23.8 Å². The predicted molar refractivity (Wildman–Crippen MR) is 109 cm³/mol. The van der Waals surface area contributed by atoms with E-state index in [1.54, 1.807) is 30.3 Å². The number of ether oxygens (including phenoxy) is 1. The number of hydrogen-bond donors (Lipinski definition) is 0. The Kier molecular flexibility index (Phi) is 5.23. The second-order valence-electron chi connectivity index (χ2n) is 6.38. The fourth-order valence-corrected chi connectivity index (χ4v) is 4.58. The van der Waals surface area contributed by atoms with Gasteiger partial charge < -0.3 is 9.30 Å². The maximum absolute atomic E-state index is 12.6. The van der Waals surface area contributed by atoms with E-state index in [-0.39, 0.29) is 22.5 Å². The van der Waals surface area contributed by atoms with E-state index in [2.05, 4.69) is 4.99 Å². The average Bonchev–Trinajstić information content (AvgIpc) is 3.19. The summed E-state index contributed by atoms with van der Waals surface area (Å²) >= 11 is 7.44. The molecule has 0 aliphatic carbocycles. The Morgan fingerprint density at radius 3 is 2.33 bits per heavy atom. The summed E-state index contributed by atoms with van der Waals surface area (Å²) in [7, 11) is 1.25. The van der Waals surface area contributed by atoms with Crippen LogP contribution in [0.3, 0.4) is 0 Å². The number of hydrogen-bond acceptors (Lipinski definition) is 6. The molecule has 1 aliphatic rings. The molecule has 1 aromatic heterocycles. The molecule has 1 aliphatic heterocycles. The molecule has 0 unspecified atom stereocenters. The first-order valence-corrected chi connectivity index (χ1v) is 9.97. The van der Waals surface area contributed by atoms with Crippen molar-refractivity contribution < 1.29 is 23.9 Å². The van der Waals surface area contributed by atoms with Gasteiger partial charge in [-0.2, -0.15) is 4.99 Å². The number of para-hydroxylation sites is 1. The lowest BCUT2D eigenvalue weighted by Gasteiger charge is -2.10. The summed E-state index contributed by atoms with van der Waals surface area (Å²) in [6.07, 6.45) is 0. The van der Waals surface area contributed by atoms with E-state index in [1.807, 2.05) is 0 Å². The third-order valence-electron chi connectivity index (χ3n) is 4.56. The van der Waals surface area contributed by atoms with Gasteiger partial charge in [-0.1, -0.05) is 41.1 Å². The molecule has 152 valence electrons. The minimum absolute atomic E-state index is 0.195. The van der Waals surface area contributed by atoms with Crippen molar-refractivity contribution >= 4 is 56.8 Å². The first-order chi connectivity index (χ1) is 14.4. The monoisotopic (exact) mass is 443 g/mol. The van der Waals surface area contributed by atoms with Crippen molar-refractivity contribution in [3.8, 4) is 0 Å². The topological polar surface area (TPSA) is 98.0 Å². The molecule has 10 heteroatoms. The van der Waals surface area contributed by atoms with Crippen LogP contribution in [0.15, 0.2) is 47.5 Å². The Bertz CT molecular complexity index is 1260. The number of halogens is 1. The number of fused-ring (bicyclic) bond motifs is 2. The summed E-state index contributed by atoms with van der Waals surface area (Å²) < 4.78 is 6.92. The lowest BCUT2D eigenvalue weighted by molar-refractivity contribution is -0.141. The van der Waals surface area contributed by atoms with E-state index < -0.39 is 30.2 Å². The third-order valence-corrected chi connectivity index (χ3v) is 5.91. The minimum Gasteiger partial charge on any atom is -0.468 e. The third kappa shape index (κ3) is 3.42. The van der Waals surface area contributed by atoms with E-state index in [0.717, 1.165) is 20.9 Å². The zero-order chi connectivity index (χ0) is 21.4. The summed E-state index contributed by atoms with van der Waals surface area (Å²) in [6.45, 7) is -0.702. The van der Waals surface area contributed by atoms with Crippen LogP contribution in [-0.4, -0.2) is 46.8 Å². The quantitative estimate of drug-likeness (QED) is 0.455. The first kappa shape index (κ1) is 20.0. The highest BCUT2D eigenvalue weighted by molar-refractivity contribution is 7.16. The Labute approximate surface area is 179 Å². The van der Waals surface area contributed by atoms with Gasteiger partial charge in [0.15, 0.2) is 4.80 Å². The van der Waals surface area contributed by atoms with Crippen LogP contribution in [0.1, 0.15) is 20.7 Å². The molecule has 3 aromatic rings. The SMILES string of the molecule is COC(=O)Cn1c(=NC(=O)CN2C(=O)c3ccccc3C2=O)sc2cccc(Cl)c21. The Hall–Kier alpha value is -3.30. The van der Waals surface area contributed by atoms with Gasteiger partial charge in [0.2, 0.25) is 0 Å². The van der Waals surface area contributed by atoms with Crippen molar-refractivity contribution in [1.82, 2.24) is 9.47 Å². The predicted octanol–water partition coefficient (Wildman–Crippen LogP) is 2.25. The number of esters is 1. The van der Waals surface area contributed by atoms with E-state index in [4.69, 9.17) is 16.3 Å². The largest absolute Gasteiger partial charge is 0.468 e. The second-order valence-corrected chi connectivity index (χ2v) is 7.80. The van der Waals surface area contributed by atoms with E-state index in [0.29, 0.717) is 10.5 Å². The fraction of sp³-hybridized carbons (Fsp3) is 0.150. The van der Waals surface area contributed by atoms with Gasteiger partial charge in [0.25, 0.3) is 17.7 Å². The van der Waals surface area contributed by atoms with Gasteiger partial charge in [0, 0.05) is 0 Å². The standard InChI is InChI=1S/C20H14ClN3O5S/c1-29-16(26)10-23-17-13(21)7-4-8-14(17)30-20(23)22-15(25)9-24-18(27)11-5-2-3-6-12(11)19(24)28/h2-8H,9-10H2,1H3. The molecule has 0 saturated carbocycles. The molecule has 0 radical (unpaired) electrons. The molecular weight excluding hydrogens is 430 g/mol. The Morgan fingerprint density at radius 2 is 1.70 bits per heavy atom. The molecule has 8 nitrogen and oxygen atoms in total. The zero-order valence-electron chi connectivity index (χ0n) is 15.6. The van der Waals surface area contributed by atoms with Gasteiger partial charge in [0.1, 0.15) is 13.1 Å². The van der Waals surface area contributed by atoms with Crippen LogP contribution in [0.4, 0.5) is 0 Å². The first-order valence-electron chi connectivity index (χ1n) is 8.78. The van der Waals surface area contributed by atoms with Crippen molar-refractivity contribution in [1.29, 1.82) is 0 Å². The van der Waals surface area contributed by atoms with Gasteiger partial charge in [-0.05, 0) is 24.3 Å². The molecule has 2 heterocycles. The molecule has 3 amide bonds. The molecule has 0 atom stereocenters. The molecule has 0 spiro atoms. The van der Waals surface area contributed by atoms with Crippen molar-refractivity contribution in [2.75, 3.05) is 13.7 Å². The molecule has 2 aromatic carbocycles. The summed E-state index contributed by atoms with van der Waals surface area (Å²) in [6, 6.07) is 11.6. The minimum atomic E-state index is -0.703. The highest BCUT2D eigenvalue weighted by Gasteiger charge is 2.36. The van der Waals surface area contributed by atoms with Crippen LogP contribution in [0.5, 0.6) is 0 Å². The van der Waals surface area contributed by atoms with Crippen LogP contribution in [0.25, 0.3) is 10.2 Å². The van der Waals surface area contributed by atoms with Gasteiger partial charge in [-0.25, -0.2) is 0 Å². The van der Waals surface area contributed by atoms with Crippen molar-refractivity contribution in [2.24, 2.45) is 4.99 Å². The summed E-state index contributed by atoms with van der Waals surface area (Å²) in [5, 5.41) is 0.391. The number of methoxy groups -OCH3 is 1. The molecular formula is C20H14ClN3O5S. The number of carbonyl (C=O) groups excluding carboxylic acids is 4. The zero-order valence-corrected chi connectivity index (χ0v) is 17.2. The number of aromatic nitrogens is 1. The van der Waals surface area contributed by atoms with Gasteiger partial charge in [-0.15, -0.1) is 0 Å². The molecule has 4 rings (SSSR count). The molecule has 30 heavy (non-hydrogen) atoms. The number of benzene rings is 2. The smallest absolute Gasteiger partial charge is 0.325 e. The van der Waals surface area contributed by atoms with Crippen molar-refractivity contribution in [3.05, 3.63) is 63.4 Å². The number of rotatable bonds is 4. The number of nitrogens with zero attached hydrogens (tertiary/aromatic N) is 3. The van der Waals surface area contributed by atoms with Crippen LogP contribution in [0, 0.1) is 0 Å². The lowest BCUT2D eigenvalue weighted by Crippen LogP contribution is -2.35. The van der Waals surface area contributed by atoms with E-state index >= 15 is 0 Å². The van der Waals surface area contributed by atoms with Gasteiger partial charge >= 0.3 is 5.97 Å². The molecule has 0 bridgehead atoms. The maximum atomic E-state index is 12.6. The second kappa shape index (κ2) is 7.85. The van der Waals surface area contributed by atoms with E-state index in [9.17, 15) is 19.2 Å². The van der Waals surface area contributed by atoms with Crippen LogP contribution in [-0.2, 0) is 20.9 Å². The van der Waals surface area contributed by atoms with Crippen LogP contribution >= 0.6 is 22.9 Å². The normalized spacial score (nSPS) is 13.8. The fourth-order valence-electron chi connectivity index (χ4n) is 3.17. The van der Waals surface area contributed by atoms with Crippen molar-refractivity contribution in [3.63, 3.8) is 0 Å². The maximum Gasteiger partial charge on any atom is 0.325 e. The van der Waals surface area contributed by atoms with Gasteiger partial charge in [0.05, 0.1) is 33.5 Å². The summed E-state index contributed by atoms with van der Waals surface area (Å²) in [5.41, 5.74) is 1.05. The number of carbonyl (C=O) groups is 4.